The van der Waals surface area contributed by atoms with Crippen molar-refractivity contribution in [3.05, 3.63) is 29.8 Å². The number of carbonyl (C=O) groups excluding carboxylic acids is 1. The molecule has 0 aliphatic carbocycles. The maximum atomic E-state index is 11.9. The van der Waals surface area contributed by atoms with E-state index in [2.05, 4.69) is 17.1 Å². The van der Waals surface area contributed by atoms with E-state index in [9.17, 15) is 4.79 Å². The highest BCUT2D eigenvalue weighted by atomic mass is 35.5. The van der Waals surface area contributed by atoms with E-state index >= 15 is 0 Å². The first-order valence-electron chi connectivity index (χ1n) is 7.04. The highest BCUT2D eigenvalue weighted by Gasteiger charge is 2.22. The quantitative estimate of drug-likeness (QED) is 0.815. The minimum absolute atomic E-state index is 0. The van der Waals surface area contributed by atoms with Gasteiger partial charge in [0.15, 0.2) is 0 Å². The molecule has 1 aromatic carbocycles. The van der Waals surface area contributed by atoms with Gasteiger partial charge in [0.1, 0.15) is 0 Å². The summed E-state index contributed by atoms with van der Waals surface area (Å²) in [6, 6.07) is 8.01. The minimum Gasteiger partial charge on any atom is -0.399 e. The lowest BCUT2D eigenvalue weighted by Crippen LogP contribution is -2.40. The van der Waals surface area contributed by atoms with Crippen molar-refractivity contribution in [2.24, 2.45) is 0 Å². The van der Waals surface area contributed by atoms with E-state index in [1.165, 1.54) is 12.8 Å². The van der Waals surface area contributed by atoms with Gasteiger partial charge in [0.2, 0.25) is 5.91 Å². The van der Waals surface area contributed by atoms with Crippen LogP contribution in [-0.2, 0) is 11.2 Å². The number of nitrogens with one attached hydrogen (secondary N) is 1. The van der Waals surface area contributed by atoms with E-state index in [1.54, 1.807) is 0 Å². The van der Waals surface area contributed by atoms with Gasteiger partial charge >= 0.3 is 0 Å². The molecule has 1 aromatic rings. The molecular weight excluding hydrogens is 274 g/mol. The second-order valence-corrected chi connectivity index (χ2v) is 5.15. The number of hydrogen-bond acceptors (Lipinski definition) is 3. The third kappa shape index (κ3) is 4.69. The van der Waals surface area contributed by atoms with Crippen LogP contribution in [0.1, 0.15) is 25.3 Å². The van der Waals surface area contributed by atoms with E-state index in [0.717, 1.165) is 25.2 Å². The van der Waals surface area contributed by atoms with E-state index in [-0.39, 0.29) is 18.3 Å². The van der Waals surface area contributed by atoms with Crippen molar-refractivity contribution in [2.45, 2.75) is 32.2 Å². The molecule has 0 spiro atoms. The third-order valence-electron chi connectivity index (χ3n) is 3.76. The van der Waals surface area contributed by atoms with Gasteiger partial charge in [-0.3, -0.25) is 9.69 Å². The van der Waals surface area contributed by atoms with Crippen LogP contribution in [0.15, 0.2) is 24.3 Å². The summed E-state index contributed by atoms with van der Waals surface area (Å²) in [6.07, 6.45) is 2.83. The molecule has 1 saturated heterocycles. The van der Waals surface area contributed by atoms with Crippen LogP contribution in [0.3, 0.4) is 0 Å². The summed E-state index contributed by atoms with van der Waals surface area (Å²) in [5, 5.41) is 3.04. The fraction of sp³-hybridized carbons (Fsp3) is 0.533. The predicted molar refractivity (Wildman–Crippen MR) is 85.1 cm³/mol. The molecule has 2 rings (SSSR count). The van der Waals surface area contributed by atoms with Crippen molar-refractivity contribution in [3.63, 3.8) is 0 Å². The minimum atomic E-state index is 0. The number of carbonyl (C=O) groups is 1. The van der Waals surface area contributed by atoms with Crippen molar-refractivity contribution in [3.8, 4) is 0 Å². The number of amides is 1. The summed E-state index contributed by atoms with van der Waals surface area (Å²) in [4.78, 5) is 14.3. The molecule has 1 fully saturated rings. The Hall–Kier alpha value is -1.26. The van der Waals surface area contributed by atoms with Crippen LogP contribution in [0.25, 0.3) is 0 Å². The molecule has 1 aliphatic rings. The lowest BCUT2D eigenvalue weighted by molar-refractivity contribution is -0.120. The molecule has 1 atom stereocenters. The maximum Gasteiger partial charge on any atom is 0.224 e. The highest BCUT2D eigenvalue weighted by Crippen LogP contribution is 2.15. The van der Waals surface area contributed by atoms with E-state index in [1.807, 2.05) is 24.3 Å². The van der Waals surface area contributed by atoms with Crippen molar-refractivity contribution in [1.82, 2.24) is 10.2 Å². The molecule has 1 heterocycles. The van der Waals surface area contributed by atoms with Gasteiger partial charge in [-0.25, -0.2) is 0 Å². The van der Waals surface area contributed by atoms with Crippen molar-refractivity contribution >= 4 is 24.0 Å². The van der Waals surface area contributed by atoms with E-state index in [0.29, 0.717) is 18.2 Å². The highest BCUT2D eigenvalue weighted by molar-refractivity contribution is 5.85. The monoisotopic (exact) mass is 297 g/mol. The number of benzene rings is 1. The second-order valence-electron chi connectivity index (χ2n) is 5.15. The van der Waals surface area contributed by atoms with Crippen molar-refractivity contribution < 1.29 is 4.79 Å². The van der Waals surface area contributed by atoms with E-state index < -0.39 is 0 Å². The van der Waals surface area contributed by atoms with Gasteiger partial charge in [0.05, 0.1) is 6.42 Å². The first kappa shape index (κ1) is 16.8. The number of rotatable bonds is 5. The Labute approximate surface area is 127 Å². The van der Waals surface area contributed by atoms with Gasteiger partial charge in [-0.05, 0) is 43.6 Å². The van der Waals surface area contributed by atoms with Gasteiger partial charge in [0, 0.05) is 18.3 Å². The smallest absolute Gasteiger partial charge is 0.224 e. The molecule has 1 amide bonds. The van der Waals surface area contributed by atoms with Gasteiger partial charge in [0.25, 0.3) is 0 Å². The van der Waals surface area contributed by atoms with Crippen LogP contribution in [-0.4, -0.2) is 36.5 Å². The molecule has 0 bridgehead atoms. The number of hydrogen-bond donors (Lipinski definition) is 2. The van der Waals surface area contributed by atoms with Crippen LogP contribution < -0.4 is 11.1 Å². The topological polar surface area (TPSA) is 58.4 Å². The molecule has 0 aromatic heterocycles. The molecule has 4 nitrogen and oxygen atoms in total. The Kier molecular flexibility index (Phi) is 6.82. The summed E-state index contributed by atoms with van der Waals surface area (Å²) in [6.45, 7) is 5.16. The van der Waals surface area contributed by atoms with Gasteiger partial charge < -0.3 is 11.1 Å². The molecule has 1 unspecified atom stereocenters. The summed E-state index contributed by atoms with van der Waals surface area (Å²) in [5.74, 6) is 0.0774. The number of nitrogens with zero attached hydrogens (tertiary/aromatic N) is 1. The number of nitrogens with two attached hydrogens (primary N) is 1. The summed E-state index contributed by atoms with van der Waals surface area (Å²) < 4.78 is 0. The zero-order valence-electron chi connectivity index (χ0n) is 12.0. The number of anilines is 1. The van der Waals surface area contributed by atoms with Crippen LogP contribution >= 0.6 is 12.4 Å². The molecule has 112 valence electrons. The Balaban J connectivity index is 0.00000200. The first-order chi connectivity index (χ1) is 9.19. The summed E-state index contributed by atoms with van der Waals surface area (Å²) in [7, 11) is 0. The maximum absolute atomic E-state index is 11.9. The number of halogens is 1. The van der Waals surface area contributed by atoms with Crippen LogP contribution in [0.5, 0.6) is 0 Å². The number of likely N-dealkylation sites (tertiary alicyclic amines) is 1. The molecule has 3 N–H and O–H groups in total. The predicted octanol–water partition coefficient (Wildman–Crippen LogP) is 1.83. The number of likely N-dealkylation sites (N-methyl/N-ethyl adjacent to an activating group) is 1. The average Bonchev–Trinajstić information content (AvgIpc) is 2.83. The summed E-state index contributed by atoms with van der Waals surface area (Å²) in [5.41, 5.74) is 7.38. The molecule has 5 heteroatoms. The SMILES string of the molecule is CCN1CCCC1CNC(=O)Cc1cccc(N)c1.Cl. The zero-order valence-corrected chi connectivity index (χ0v) is 12.8. The Morgan fingerprint density at radius 2 is 2.30 bits per heavy atom. The average molecular weight is 298 g/mol. The Morgan fingerprint density at radius 3 is 3.00 bits per heavy atom. The Bertz CT molecular complexity index is 439. The van der Waals surface area contributed by atoms with E-state index in [4.69, 9.17) is 5.73 Å². The molecule has 0 saturated carbocycles. The van der Waals surface area contributed by atoms with Gasteiger partial charge in [-0.15, -0.1) is 12.4 Å². The first-order valence-corrected chi connectivity index (χ1v) is 7.04. The fourth-order valence-electron chi connectivity index (χ4n) is 2.73. The second kappa shape index (κ2) is 8.12. The molecule has 0 radical (unpaired) electrons. The number of nitrogen functional groups attached to an aromatic ring is 1. The van der Waals surface area contributed by atoms with Crippen LogP contribution in [0.4, 0.5) is 5.69 Å². The fourth-order valence-corrected chi connectivity index (χ4v) is 2.73. The normalized spacial score (nSPS) is 18.6. The Morgan fingerprint density at radius 1 is 1.50 bits per heavy atom. The van der Waals surface area contributed by atoms with Crippen molar-refractivity contribution in [2.75, 3.05) is 25.4 Å². The van der Waals surface area contributed by atoms with Gasteiger partial charge in [-0.2, -0.15) is 0 Å². The summed E-state index contributed by atoms with van der Waals surface area (Å²) >= 11 is 0. The standard InChI is InChI=1S/C15H23N3O.ClH/c1-2-18-8-4-7-14(18)11-17-15(19)10-12-5-3-6-13(16)9-12;/h3,5-6,9,14H,2,4,7-8,10-11,16H2,1H3,(H,17,19);1H. The largest absolute Gasteiger partial charge is 0.399 e. The lowest BCUT2D eigenvalue weighted by atomic mass is 10.1. The van der Waals surface area contributed by atoms with Crippen LogP contribution in [0, 0.1) is 0 Å². The molecular formula is C15H24ClN3O. The van der Waals surface area contributed by atoms with Crippen molar-refractivity contribution in [1.29, 1.82) is 0 Å². The molecule has 1 aliphatic heterocycles. The van der Waals surface area contributed by atoms with Gasteiger partial charge in [-0.1, -0.05) is 19.1 Å². The third-order valence-corrected chi connectivity index (χ3v) is 3.76. The lowest BCUT2D eigenvalue weighted by Gasteiger charge is -2.22. The van der Waals surface area contributed by atoms with Crippen LogP contribution in [0.2, 0.25) is 0 Å². The zero-order chi connectivity index (χ0) is 13.7. The molecule has 20 heavy (non-hydrogen) atoms.